The first-order valence-electron chi connectivity index (χ1n) is 4.91. The largest absolute Gasteiger partial charge is 0.480 e. The van der Waals surface area contributed by atoms with Gasteiger partial charge in [0, 0.05) is 18.9 Å². The number of aromatic nitrogens is 1. The van der Waals surface area contributed by atoms with E-state index in [0.29, 0.717) is 12.8 Å². The molecule has 1 atom stereocenters. The summed E-state index contributed by atoms with van der Waals surface area (Å²) in [5.41, 5.74) is 0. The number of nitrogens with one attached hydrogen (secondary N) is 1. The first-order chi connectivity index (χ1) is 7.53. The van der Waals surface area contributed by atoms with Gasteiger partial charge < -0.3 is 10.1 Å². The topological polar surface area (TPSA) is 90.5 Å². The summed E-state index contributed by atoms with van der Waals surface area (Å²) >= 11 is 0. The number of hydrogen-bond acceptors (Lipinski definition) is 3. The monoisotopic (exact) mass is 244 g/mol. The fourth-order valence-corrected chi connectivity index (χ4v) is 3.51. The molecule has 88 valence electrons. The van der Waals surface area contributed by atoms with E-state index in [1.807, 2.05) is 0 Å². The molecule has 7 heteroatoms. The van der Waals surface area contributed by atoms with Crippen LogP contribution < -0.4 is 0 Å². The molecule has 2 heterocycles. The molecule has 1 aliphatic heterocycles. The Labute approximate surface area is 92.9 Å². The Bertz CT molecular complexity index is 480. The summed E-state index contributed by atoms with van der Waals surface area (Å²) in [4.78, 5) is 13.7. The summed E-state index contributed by atoms with van der Waals surface area (Å²) in [5, 5.41) is 8.93. The Balaban J connectivity index is 2.34. The molecule has 0 aromatic carbocycles. The summed E-state index contributed by atoms with van der Waals surface area (Å²) < 4.78 is 25.2. The average molecular weight is 244 g/mol. The molecule has 0 saturated carbocycles. The van der Waals surface area contributed by atoms with Gasteiger partial charge >= 0.3 is 5.97 Å². The number of carboxylic acids is 1. The highest BCUT2D eigenvalue weighted by Gasteiger charge is 2.39. The Kier molecular flexibility index (Phi) is 2.73. The molecule has 2 rings (SSSR count). The van der Waals surface area contributed by atoms with Gasteiger partial charge in [-0.05, 0) is 18.9 Å². The van der Waals surface area contributed by atoms with Crippen molar-refractivity contribution in [2.45, 2.75) is 23.8 Å². The van der Waals surface area contributed by atoms with Crippen LogP contribution in [0.25, 0.3) is 0 Å². The van der Waals surface area contributed by atoms with Crippen LogP contribution >= 0.6 is 0 Å². The van der Waals surface area contributed by atoms with Crippen molar-refractivity contribution in [2.75, 3.05) is 6.54 Å². The molecule has 1 aliphatic rings. The van der Waals surface area contributed by atoms with E-state index in [4.69, 9.17) is 5.11 Å². The minimum Gasteiger partial charge on any atom is -0.480 e. The lowest BCUT2D eigenvalue weighted by atomic mass is 10.2. The van der Waals surface area contributed by atoms with Crippen LogP contribution in [0.15, 0.2) is 23.4 Å². The molecule has 16 heavy (non-hydrogen) atoms. The molecule has 0 spiro atoms. The number of sulfonamides is 1. The molecule has 1 fully saturated rings. The third-order valence-corrected chi connectivity index (χ3v) is 4.57. The predicted octanol–water partition coefficient (Wildman–Crippen LogP) is 0.252. The Morgan fingerprint density at radius 1 is 1.56 bits per heavy atom. The van der Waals surface area contributed by atoms with Gasteiger partial charge in [-0.25, -0.2) is 8.42 Å². The van der Waals surface area contributed by atoms with Gasteiger partial charge in [-0.2, -0.15) is 4.31 Å². The van der Waals surface area contributed by atoms with Crippen molar-refractivity contribution < 1.29 is 18.3 Å². The second-order valence-corrected chi connectivity index (χ2v) is 5.55. The van der Waals surface area contributed by atoms with Gasteiger partial charge in [0.15, 0.2) is 0 Å². The van der Waals surface area contributed by atoms with Crippen molar-refractivity contribution >= 4 is 16.0 Å². The molecule has 0 bridgehead atoms. The van der Waals surface area contributed by atoms with Crippen molar-refractivity contribution in [1.82, 2.24) is 9.29 Å². The number of H-pyrrole nitrogens is 1. The smallest absolute Gasteiger partial charge is 0.322 e. The lowest BCUT2D eigenvalue weighted by Crippen LogP contribution is -2.40. The van der Waals surface area contributed by atoms with Gasteiger partial charge in [0.25, 0.3) is 0 Å². The van der Waals surface area contributed by atoms with E-state index in [0.717, 1.165) is 4.31 Å². The Morgan fingerprint density at radius 3 is 2.88 bits per heavy atom. The number of nitrogens with zero attached hydrogens (tertiary/aromatic N) is 1. The van der Waals surface area contributed by atoms with Gasteiger partial charge in [-0.15, -0.1) is 0 Å². The maximum atomic E-state index is 12.1. The fourth-order valence-electron chi connectivity index (χ4n) is 1.88. The lowest BCUT2D eigenvalue weighted by molar-refractivity contribution is -0.140. The molecule has 1 aromatic rings. The number of aromatic amines is 1. The number of carboxylic acid groups (broad SMARTS) is 1. The SMILES string of the molecule is O=C(O)C1CCCN1S(=O)(=O)c1cc[nH]c1. The zero-order chi connectivity index (χ0) is 11.8. The minimum absolute atomic E-state index is 0.112. The van der Waals surface area contributed by atoms with E-state index in [1.165, 1.54) is 18.5 Å². The molecule has 1 unspecified atom stereocenters. The first-order valence-corrected chi connectivity index (χ1v) is 6.35. The second-order valence-electron chi connectivity index (χ2n) is 3.66. The van der Waals surface area contributed by atoms with Gasteiger partial charge in [-0.1, -0.05) is 0 Å². The maximum Gasteiger partial charge on any atom is 0.322 e. The fraction of sp³-hybridized carbons (Fsp3) is 0.444. The van der Waals surface area contributed by atoms with E-state index < -0.39 is 22.0 Å². The average Bonchev–Trinajstić information content (AvgIpc) is 2.89. The zero-order valence-electron chi connectivity index (χ0n) is 8.46. The lowest BCUT2D eigenvalue weighted by Gasteiger charge is -2.19. The normalized spacial score (nSPS) is 22.4. The molecule has 1 aromatic heterocycles. The highest BCUT2D eigenvalue weighted by Crippen LogP contribution is 2.25. The van der Waals surface area contributed by atoms with Crippen molar-refractivity contribution in [3.05, 3.63) is 18.5 Å². The molecule has 2 N–H and O–H groups in total. The van der Waals surface area contributed by atoms with E-state index in [2.05, 4.69) is 4.98 Å². The highest BCUT2D eigenvalue weighted by atomic mass is 32.2. The molecule has 0 amide bonds. The minimum atomic E-state index is -3.67. The van der Waals surface area contributed by atoms with Gasteiger partial charge in [0.1, 0.15) is 6.04 Å². The summed E-state index contributed by atoms with van der Waals surface area (Å²) in [7, 11) is -3.67. The molecular formula is C9H12N2O4S. The number of hydrogen-bond donors (Lipinski definition) is 2. The molecule has 0 aliphatic carbocycles. The Hall–Kier alpha value is -1.34. The van der Waals surface area contributed by atoms with Gasteiger partial charge in [0.2, 0.25) is 10.0 Å². The second kappa shape index (κ2) is 3.91. The van der Waals surface area contributed by atoms with Crippen LogP contribution in [0.4, 0.5) is 0 Å². The maximum absolute atomic E-state index is 12.1. The van der Waals surface area contributed by atoms with Gasteiger partial charge in [-0.3, -0.25) is 4.79 Å². The predicted molar refractivity (Wildman–Crippen MR) is 55.3 cm³/mol. The van der Waals surface area contributed by atoms with E-state index >= 15 is 0 Å². The highest BCUT2D eigenvalue weighted by molar-refractivity contribution is 7.89. The van der Waals surface area contributed by atoms with E-state index in [1.54, 1.807) is 0 Å². The Morgan fingerprint density at radius 2 is 2.31 bits per heavy atom. The quantitative estimate of drug-likeness (QED) is 0.797. The number of carbonyl (C=O) groups is 1. The van der Waals surface area contributed by atoms with Crippen LogP contribution in [-0.4, -0.2) is 41.4 Å². The van der Waals surface area contributed by atoms with Crippen LogP contribution in [0.3, 0.4) is 0 Å². The summed E-state index contributed by atoms with van der Waals surface area (Å²) in [6.45, 7) is 0.268. The van der Waals surface area contributed by atoms with Gasteiger partial charge in [0.05, 0.1) is 4.90 Å². The number of aliphatic carboxylic acids is 1. The van der Waals surface area contributed by atoms with E-state index in [9.17, 15) is 13.2 Å². The summed E-state index contributed by atoms with van der Waals surface area (Å²) in [6, 6.07) is 0.493. The van der Waals surface area contributed by atoms with Crippen molar-refractivity contribution in [1.29, 1.82) is 0 Å². The van der Waals surface area contributed by atoms with Crippen LogP contribution in [0, 0.1) is 0 Å². The molecular weight excluding hydrogens is 232 g/mol. The van der Waals surface area contributed by atoms with E-state index in [-0.39, 0.29) is 11.4 Å². The third kappa shape index (κ3) is 1.72. The van der Waals surface area contributed by atoms with Crippen LogP contribution in [0.2, 0.25) is 0 Å². The first kappa shape index (κ1) is 11.2. The summed E-state index contributed by atoms with van der Waals surface area (Å²) in [5.74, 6) is -1.09. The van der Waals surface area contributed by atoms with Crippen LogP contribution in [0.5, 0.6) is 0 Å². The third-order valence-electron chi connectivity index (χ3n) is 2.66. The zero-order valence-corrected chi connectivity index (χ0v) is 9.27. The van der Waals surface area contributed by atoms with Crippen molar-refractivity contribution in [3.63, 3.8) is 0 Å². The van der Waals surface area contributed by atoms with Crippen molar-refractivity contribution in [2.24, 2.45) is 0 Å². The molecule has 6 nitrogen and oxygen atoms in total. The molecule has 1 saturated heterocycles. The van der Waals surface area contributed by atoms with Crippen LogP contribution in [0.1, 0.15) is 12.8 Å². The number of rotatable bonds is 3. The standard InChI is InChI=1S/C9H12N2O4S/c12-9(13)8-2-1-5-11(8)16(14,15)7-3-4-10-6-7/h3-4,6,8,10H,1-2,5H2,(H,12,13). The van der Waals surface area contributed by atoms with Crippen LogP contribution in [-0.2, 0) is 14.8 Å². The van der Waals surface area contributed by atoms with Crippen molar-refractivity contribution in [3.8, 4) is 0 Å². The molecule has 0 radical (unpaired) electrons. The summed E-state index contributed by atoms with van der Waals surface area (Å²) in [6.07, 6.45) is 3.81.